The van der Waals surface area contributed by atoms with Crippen molar-refractivity contribution in [2.45, 2.75) is 25.8 Å². The molecule has 0 amide bonds. The van der Waals surface area contributed by atoms with Gasteiger partial charge < -0.3 is 5.32 Å². The Morgan fingerprint density at radius 1 is 1.42 bits per heavy atom. The summed E-state index contributed by atoms with van der Waals surface area (Å²) in [6.07, 6.45) is 2.09. The molecule has 1 aromatic carbocycles. The van der Waals surface area contributed by atoms with Gasteiger partial charge in [0.15, 0.2) is 0 Å². The molecule has 100 valence electrons. The number of rotatable bonds is 2. The quantitative estimate of drug-likeness (QED) is 0.922. The highest BCUT2D eigenvalue weighted by atomic mass is 79.9. The average Bonchev–Trinajstić information content (AvgIpc) is 2.66. The largest absolute Gasteiger partial charge is 0.309 e. The maximum Gasteiger partial charge on any atom is 0.0738 e. The number of benzene rings is 1. The predicted octanol–water partition coefficient (Wildman–Crippen LogP) is 2.92. The van der Waals surface area contributed by atoms with Gasteiger partial charge in [-0.05, 0) is 46.9 Å². The van der Waals surface area contributed by atoms with Crippen molar-refractivity contribution in [1.82, 2.24) is 15.1 Å². The summed E-state index contributed by atoms with van der Waals surface area (Å²) < 4.78 is 3.12. The molecule has 0 fully saturated rings. The summed E-state index contributed by atoms with van der Waals surface area (Å²) in [5, 5.41) is 8.10. The monoisotopic (exact) mass is 319 g/mol. The molecular formula is C15H18BrN3. The molecule has 2 aromatic rings. The standard InChI is InChI=1S/C15H18BrN3/c1-10-15(16)14(19(2)18-10)9-13-12-6-4-3-5-11(12)7-8-17-13/h3-6,13,17H,7-9H2,1-2H3. The summed E-state index contributed by atoms with van der Waals surface area (Å²) in [7, 11) is 2.02. The molecule has 0 bridgehead atoms. The fraction of sp³-hybridized carbons (Fsp3) is 0.400. The second kappa shape index (κ2) is 5.10. The number of hydrogen-bond acceptors (Lipinski definition) is 2. The van der Waals surface area contributed by atoms with Gasteiger partial charge in [0.2, 0.25) is 0 Å². The third-order valence-corrected chi connectivity index (χ3v) is 4.91. The average molecular weight is 320 g/mol. The van der Waals surface area contributed by atoms with Crippen molar-refractivity contribution in [2.75, 3.05) is 6.54 Å². The Labute approximate surface area is 122 Å². The Hall–Kier alpha value is -1.13. The third-order valence-electron chi connectivity index (χ3n) is 3.87. The smallest absolute Gasteiger partial charge is 0.0738 e. The van der Waals surface area contributed by atoms with Crippen LogP contribution in [0, 0.1) is 6.92 Å². The first-order valence-corrected chi connectivity index (χ1v) is 7.45. The Kier molecular flexibility index (Phi) is 3.46. The highest BCUT2D eigenvalue weighted by Gasteiger charge is 2.22. The minimum atomic E-state index is 0.385. The summed E-state index contributed by atoms with van der Waals surface area (Å²) >= 11 is 3.66. The lowest BCUT2D eigenvalue weighted by Gasteiger charge is -2.27. The van der Waals surface area contributed by atoms with E-state index in [0.29, 0.717) is 6.04 Å². The predicted molar refractivity (Wildman–Crippen MR) is 80.2 cm³/mol. The van der Waals surface area contributed by atoms with Crippen molar-refractivity contribution in [3.63, 3.8) is 0 Å². The molecule has 1 N–H and O–H groups in total. The molecule has 2 heterocycles. The zero-order valence-electron chi connectivity index (χ0n) is 11.3. The van der Waals surface area contributed by atoms with Crippen LogP contribution in [0.3, 0.4) is 0 Å². The van der Waals surface area contributed by atoms with Crippen LogP contribution in [0.5, 0.6) is 0 Å². The molecule has 1 unspecified atom stereocenters. The van der Waals surface area contributed by atoms with Crippen molar-refractivity contribution >= 4 is 15.9 Å². The topological polar surface area (TPSA) is 29.9 Å². The van der Waals surface area contributed by atoms with E-state index in [0.717, 1.165) is 29.6 Å². The summed E-state index contributed by atoms with van der Waals surface area (Å²) in [5.41, 5.74) is 5.22. The fourth-order valence-electron chi connectivity index (χ4n) is 2.87. The van der Waals surface area contributed by atoms with Gasteiger partial charge in [0, 0.05) is 19.5 Å². The van der Waals surface area contributed by atoms with Crippen LogP contribution in [0.15, 0.2) is 28.7 Å². The Balaban J connectivity index is 1.93. The molecule has 4 heteroatoms. The second-order valence-electron chi connectivity index (χ2n) is 5.13. The van der Waals surface area contributed by atoms with Gasteiger partial charge in [0.1, 0.15) is 0 Å². The molecule has 0 saturated heterocycles. The van der Waals surface area contributed by atoms with E-state index in [-0.39, 0.29) is 0 Å². The van der Waals surface area contributed by atoms with Gasteiger partial charge in [-0.2, -0.15) is 5.10 Å². The van der Waals surface area contributed by atoms with E-state index in [1.807, 2.05) is 18.7 Å². The Morgan fingerprint density at radius 2 is 2.21 bits per heavy atom. The van der Waals surface area contributed by atoms with Crippen LogP contribution in [0.25, 0.3) is 0 Å². The zero-order chi connectivity index (χ0) is 13.4. The van der Waals surface area contributed by atoms with E-state index in [9.17, 15) is 0 Å². The molecule has 0 aliphatic carbocycles. The molecule has 3 rings (SSSR count). The lowest BCUT2D eigenvalue weighted by molar-refractivity contribution is 0.488. The zero-order valence-corrected chi connectivity index (χ0v) is 12.9. The highest BCUT2D eigenvalue weighted by molar-refractivity contribution is 9.10. The first kappa shape index (κ1) is 12.9. The highest BCUT2D eigenvalue weighted by Crippen LogP contribution is 2.29. The number of aryl methyl sites for hydroxylation is 2. The molecule has 1 aromatic heterocycles. The van der Waals surface area contributed by atoms with Crippen molar-refractivity contribution in [3.05, 3.63) is 51.3 Å². The number of hydrogen-bond donors (Lipinski definition) is 1. The molecule has 0 spiro atoms. The molecule has 0 saturated carbocycles. The van der Waals surface area contributed by atoms with Crippen molar-refractivity contribution in [1.29, 1.82) is 0 Å². The molecule has 1 atom stereocenters. The normalized spacial score (nSPS) is 18.4. The van der Waals surface area contributed by atoms with Gasteiger partial charge in [-0.1, -0.05) is 24.3 Å². The summed E-state index contributed by atoms with van der Waals surface area (Å²) in [5.74, 6) is 0. The first-order valence-electron chi connectivity index (χ1n) is 6.66. The first-order chi connectivity index (χ1) is 9.16. The third kappa shape index (κ3) is 2.35. The minimum absolute atomic E-state index is 0.385. The van der Waals surface area contributed by atoms with Gasteiger partial charge in [0.05, 0.1) is 15.9 Å². The van der Waals surface area contributed by atoms with E-state index < -0.39 is 0 Å². The summed E-state index contributed by atoms with van der Waals surface area (Å²) in [6.45, 7) is 3.09. The minimum Gasteiger partial charge on any atom is -0.309 e. The van der Waals surface area contributed by atoms with Gasteiger partial charge in [-0.3, -0.25) is 4.68 Å². The maximum absolute atomic E-state index is 4.47. The maximum atomic E-state index is 4.47. The van der Waals surface area contributed by atoms with Gasteiger partial charge in [-0.25, -0.2) is 0 Å². The SMILES string of the molecule is Cc1nn(C)c(CC2NCCc3ccccc32)c1Br. The van der Waals surface area contributed by atoms with Crippen LogP contribution >= 0.6 is 15.9 Å². The molecule has 19 heavy (non-hydrogen) atoms. The lowest BCUT2D eigenvalue weighted by atomic mass is 9.92. The van der Waals surface area contributed by atoms with E-state index in [4.69, 9.17) is 0 Å². The number of nitrogens with zero attached hydrogens (tertiary/aromatic N) is 2. The number of aromatic nitrogens is 2. The van der Waals surface area contributed by atoms with Crippen LogP contribution in [0.1, 0.15) is 28.6 Å². The van der Waals surface area contributed by atoms with Crippen molar-refractivity contribution in [2.24, 2.45) is 7.05 Å². The number of fused-ring (bicyclic) bond motifs is 1. The van der Waals surface area contributed by atoms with Crippen LogP contribution in [-0.4, -0.2) is 16.3 Å². The molecular weight excluding hydrogens is 302 g/mol. The van der Waals surface area contributed by atoms with E-state index in [1.54, 1.807) is 0 Å². The van der Waals surface area contributed by atoms with Gasteiger partial charge in [-0.15, -0.1) is 0 Å². The van der Waals surface area contributed by atoms with Crippen LogP contribution < -0.4 is 5.32 Å². The second-order valence-corrected chi connectivity index (χ2v) is 5.92. The van der Waals surface area contributed by atoms with Gasteiger partial charge in [0.25, 0.3) is 0 Å². The number of nitrogens with one attached hydrogen (secondary N) is 1. The van der Waals surface area contributed by atoms with Gasteiger partial charge >= 0.3 is 0 Å². The Bertz CT molecular complexity index is 603. The Morgan fingerprint density at radius 3 is 2.95 bits per heavy atom. The summed E-state index contributed by atoms with van der Waals surface area (Å²) in [4.78, 5) is 0. The van der Waals surface area contributed by atoms with Crippen LogP contribution in [-0.2, 0) is 19.9 Å². The van der Waals surface area contributed by atoms with E-state index in [2.05, 4.69) is 50.6 Å². The molecule has 1 aliphatic heterocycles. The fourth-order valence-corrected chi connectivity index (χ4v) is 3.37. The summed E-state index contributed by atoms with van der Waals surface area (Å²) in [6, 6.07) is 9.13. The molecule has 1 aliphatic rings. The lowest BCUT2D eigenvalue weighted by Crippen LogP contribution is -2.31. The van der Waals surface area contributed by atoms with Crippen molar-refractivity contribution < 1.29 is 0 Å². The van der Waals surface area contributed by atoms with E-state index in [1.165, 1.54) is 16.8 Å². The van der Waals surface area contributed by atoms with E-state index >= 15 is 0 Å². The molecule has 3 nitrogen and oxygen atoms in total. The van der Waals surface area contributed by atoms with Crippen molar-refractivity contribution in [3.8, 4) is 0 Å². The number of halogens is 1. The molecule has 0 radical (unpaired) electrons. The van der Waals surface area contributed by atoms with Crippen LogP contribution in [0.2, 0.25) is 0 Å². The van der Waals surface area contributed by atoms with Crippen LogP contribution in [0.4, 0.5) is 0 Å².